The quantitative estimate of drug-likeness (QED) is 0.897. The third-order valence-electron chi connectivity index (χ3n) is 3.52. The number of halogens is 1. The number of nitrogen functional groups attached to an aromatic ring is 1. The van der Waals surface area contributed by atoms with E-state index in [9.17, 15) is 0 Å². The van der Waals surface area contributed by atoms with Crippen LogP contribution in [0.2, 0.25) is 5.02 Å². The molecule has 1 aromatic carbocycles. The molecule has 104 valence electrons. The molecule has 0 saturated heterocycles. The van der Waals surface area contributed by atoms with Crippen LogP contribution in [0, 0.1) is 13.8 Å². The van der Waals surface area contributed by atoms with Gasteiger partial charge < -0.3 is 11.1 Å². The summed E-state index contributed by atoms with van der Waals surface area (Å²) in [4.78, 5) is 8.97. The smallest absolute Gasteiger partial charge is 0.139 e. The fraction of sp³-hybridized carbons (Fsp3) is 0.333. The van der Waals surface area contributed by atoms with Crippen LogP contribution in [0.5, 0.6) is 0 Å². The van der Waals surface area contributed by atoms with Crippen molar-refractivity contribution in [2.75, 3.05) is 11.1 Å². The molecule has 0 bridgehead atoms. The third kappa shape index (κ3) is 2.56. The lowest BCUT2D eigenvalue weighted by Crippen LogP contribution is -2.06. The minimum Gasteiger partial charge on any atom is -0.383 e. The van der Waals surface area contributed by atoms with Gasteiger partial charge in [0.15, 0.2) is 0 Å². The van der Waals surface area contributed by atoms with Crippen molar-refractivity contribution in [3.8, 4) is 0 Å². The Labute approximate surface area is 123 Å². The van der Waals surface area contributed by atoms with Gasteiger partial charge in [0.2, 0.25) is 0 Å². The molecule has 3 rings (SSSR count). The molecule has 0 radical (unpaired) electrons. The average molecular weight is 289 g/mol. The monoisotopic (exact) mass is 288 g/mol. The molecule has 3 N–H and O–H groups in total. The number of benzene rings is 1. The average Bonchev–Trinajstić information content (AvgIpc) is 3.23. The van der Waals surface area contributed by atoms with E-state index < -0.39 is 0 Å². The van der Waals surface area contributed by atoms with Gasteiger partial charge in [-0.1, -0.05) is 17.7 Å². The molecule has 4 nitrogen and oxygen atoms in total. The van der Waals surface area contributed by atoms with E-state index in [4.69, 9.17) is 17.3 Å². The maximum atomic E-state index is 6.22. The van der Waals surface area contributed by atoms with Gasteiger partial charge in [-0.2, -0.15) is 0 Å². The molecule has 20 heavy (non-hydrogen) atoms. The molecule has 0 spiro atoms. The molecule has 0 atom stereocenters. The van der Waals surface area contributed by atoms with Crippen molar-refractivity contribution >= 4 is 28.9 Å². The van der Waals surface area contributed by atoms with Crippen LogP contribution in [0.25, 0.3) is 0 Å². The van der Waals surface area contributed by atoms with Crippen LogP contribution in [-0.2, 0) is 0 Å². The molecule has 0 unspecified atom stereocenters. The number of nitrogens with one attached hydrogen (secondary N) is 1. The van der Waals surface area contributed by atoms with Crippen LogP contribution in [0.4, 0.5) is 17.3 Å². The van der Waals surface area contributed by atoms with E-state index in [1.54, 1.807) is 0 Å². The Kier molecular flexibility index (Phi) is 3.26. The van der Waals surface area contributed by atoms with Crippen molar-refractivity contribution in [1.29, 1.82) is 0 Å². The van der Waals surface area contributed by atoms with E-state index in [2.05, 4.69) is 15.3 Å². The number of anilines is 3. The molecule has 1 fully saturated rings. The van der Waals surface area contributed by atoms with Gasteiger partial charge in [0.05, 0.1) is 10.7 Å². The topological polar surface area (TPSA) is 63.8 Å². The lowest BCUT2D eigenvalue weighted by Gasteiger charge is -2.13. The van der Waals surface area contributed by atoms with Crippen molar-refractivity contribution in [2.45, 2.75) is 32.6 Å². The van der Waals surface area contributed by atoms with Gasteiger partial charge in [0, 0.05) is 11.5 Å². The maximum absolute atomic E-state index is 6.22. The molecule has 1 heterocycles. The summed E-state index contributed by atoms with van der Waals surface area (Å²) in [6.07, 6.45) is 2.29. The lowest BCUT2D eigenvalue weighted by molar-refractivity contribution is 0.928. The molecular formula is C15H17ClN4. The first-order chi connectivity index (χ1) is 9.54. The molecule has 0 amide bonds. The number of aryl methyl sites for hydroxylation is 1. The van der Waals surface area contributed by atoms with E-state index in [1.807, 2.05) is 32.0 Å². The Morgan fingerprint density at radius 1 is 1.25 bits per heavy atom. The van der Waals surface area contributed by atoms with Gasteiger partial charge in [-0.05, 0) is 44.4 Å². The summed E-state index contributed by atoms with van der Waals surface area (Å²) in [5, 5.41) is 3.95. The fourth-order valence-corrected chi connectivity index (χ4v) is 2.23. The predicted octanol–water partition coefficient (Wildman–Crippen LogP) is 3.95. The highest BCUT2D eigenvalue weighted by Gasteiger charge is 2.28. The predicted molar refractivity (Wildman–Crippen MR) is 82.6 cm³/mol. The van der Waals surface area contributed by atoms with Crippen LogP contribution in [0.3, 0.4) is 0 Å². The van der Waals surface area contributed by atoms with E-state index >= 15 is 0 Å². The number of hydrogen-bond acceptors (Lipinski definition) is 4. The zero-order valence-electron chi connectivity index (χ0n) is 11.6. The van der Waals surface area contributed by atoms with Crippen molar-refractivity contribution in [1.82, 2.24) is 9.97 Å². The van der Waals surface area contributed by atoms with Crippen molar-refractivity contribution in [2.24, 2.45) is 0 Å². The number of aromatic nitrogens is 2. The summed E-state index contributed by atoms with van der Waals surface area (Å²) in [5.41, 5.74) is 8.82. The number of hydrogen-bond donors (Lipinski definition) is 2. The molecule has 2 aromatic rings. The first kappa shape index (κ1) is 13.2. The lowest BCUT2D eigenvalue weighted by atomic mass is 10.2. The highest BCUT2D eigenvalue weighted by Crippen LogP contribution is 2.39. The second kappa shape index (κ2) is 4.94. The Hall–Kier alpha value is -1.81. The summed E-state index contributed by atoms with van der Waals surface area (Å²) >= 11 is 6.22. The fourth-order valence-electron chi connectivity index (χ4n) is 2.06. The Morgan fingerprint density at radius 2 is 2.00 bits per heavy atom. The third-order valence-corrected chi connectivity index (χ3v) is 3.85. The second-order valence-corrected chi connectivity index (χ2v) is 5.73. The molecular weight excluding hydrogens is 272 g/mol. The van der Waals surface area contributed by atoms with Crippen LogP contribution in [0.15, 0.2) is 18.2 Å². The molecule has 1 saturated carbocycles. The van der Waals surface area contributed by atoms with Gasteiger partial charge in [-0.3, -0.25) is 0 Å². The molecule has 5 heteroatoms. The van der Waals surface area contributed by atoms with Crippen LogP contribution >= 0.6 is 11.6 Å². The van der Waals surface area contributed by atoms with Crippen molar-refractivity contribution in [3.05, 3.63) is 40.2 Å². The Balaban J connectivity index is 1.99. The largest absolute Gasteiger partial charge is 0.383 e. The second-order valence-electron chi connectivity index (χ2n) is 5.32. The summed E-state index contributed by atoms with van der Waals surface area (Å²) in [6, 6.07) is 5.85. The molecule has 1 aliphatic rings. The number of nitrogens with two attached hydrogens (primary N) is 1. The normalized spacial score (nSPS) is 14.3. The number of nitrogens with zero attached hydrogens (tertiary/aromatic N) is 2. The summed E-state index contributed by atoms with van der Waals surface area (Å²) in [6.45, 7) is 3.94. The minimum atomic E-state index is 0.464. The first-order valence-electron chi connectivity index (χ1n) is 6.72. The van der Waals surface area contributed by atoms with Gasteiger partial charge >= 0.3 is 0 Å². The van der Waals surface area contributed by atoms with E-state index in [1.165, 1.54) is 0 Å². The zero-order chi connectivity index (χ0) is 14.3. The Morgan fingerprint density at radius 3 is 2.70 bits per heavy atom. The van der Waals surface area contributed by atoms with Gasteiger partial charge in [0.25, 0.3) is 0 Å². The highest BCUT2D eigenvalue weighted by atomic mass is 35.5. The summed E-state index contributed by atoms with van der Waals surface area (Å²) < 4.78 is 0. The van der Waals surface area contributed by atoms with E-state index in [0.717, 1.165) is 41.3 Å². The SMILES string of the molecule is Cc1ccc(Cl)c(Nc2nc(C3CC3)nc(N)c2C)c1. The van der Waals surface area contributed by atoms with Gasteiger partial charge in [0.1, 0.15) is 17.5 Å². The summed E-state index contributed by atoms with van der Waals surface area (Å²) in [5.74, 6) is 2.57. The minimum absolute atomic E-state index is 0.464. The van der Waals surface area contributed by atoms with Crippen molar-refractivity contribution in [3.63, 3.8) is 0 Å². The van der Waals surface area contributed by atoms with Crippen LogP contribution in [0.1, 0.15) is 35.7 Å². The van der Waals surface area contributed by atoms with Gasteiger partial charge in [-0.15, -0.1) is 0 Å². The van der Waals surface area contributed by atoms with Crippen molar-refractivity contribution < 1.29 is 0 Å². The summed E-state index contributed by atoms with van der Waals surface area (Å²) in [7, 11) is 0. The molecule has 1 aliphatic carbocycles. The maximum Gasteiger partial charge on any atom is 0.139 e. The molecule has 0 aliphatic heterocycles. The standard InChI is InChI=1S/C15H17ClN4/c1-8-3-6-11(16)12(7-8)18-14-9(2)13(17)19-15(20-14)10-4-5-10/h3,6-7,10H,4-5H2,1-2H3,(H3,17,18,19,20). The highest BCUT2D eigenvalue weighted by molar-refractivity contribution is 6.33. The van der Waals surface area contributed by atoms with E-state index in [0.29, 0.717) is 16.8 Å². The van der Waals surface area contributed by atoms with Gasteiger partial charge in [-0.25, -0.2) is 9.97 Å². The zero-order valence-corrected chi connectivity index (χ0v) is 12.3. The first-order valence-corrected chi connectivity index (χ1v) is 7.09. The Bertz CT molecular complexity index is 665. The van der Waals surface area contributed by atoms with E-state index in [-0.39, 0.29) is 0 Å². The molecule has 1 aromatic heterocycles. The van der Waals surface area contributed by atoms with Crippen LogP contribution < -0.4 is 11.1 Å². The van der Waals surface area contributed by atoms with Crippen LogP contribution in [-0.4, -0.2) is 9.97 Å². The number of rotatable bonds is 3.